The molecule has 5 unspecified atom stereocenters. The summed E-state index contributed by atoms with van der Waals surface area (Å²) in [6.45, 7) is 6.60. The number of ketones is 1. The summed E-state index contributed by atoms with van der Waals surface area (Å²) in [5.74, 6) is 3.18. The number of rotatable bonds is 4. The number of esters is 1. The van der Waals surface area contributed by atoms with E-state index in [0.29, 0.717) is 12.5 Å². The highest BCUT2D eigenvalue weighted by Crippen LogP contribution is 2.54. The Morgan fingerprint density at radius 1 is 1.18 bits per heavy atom. The Kier molecular flexibility index (Phi) is 3.55. The fourth-order valence-corrected chi connectivity index (χ4v) is 3.74. The van der Waals surface area contributed by atoms with Crippen molar-refractivity contribution in [3.8, 4) is 0 Å². The molecule has 0 aliphatic heterocycles. The number of Topliss-reactive ketones (excluding diaryl/α,β-unsaturated/α-hetero) is 1. The van der Waals surface area contributed by atoms with Crippen molar-refractivity contribution in [2.75, 3.05) is 6.61 Å². The van der Waals surface area contributed by atoms with Crippen LogP contribution in [0.5, 0.6) is 0 Å². The first-order chi connectivity index (χ1) is 7.99. The smallest absolute Gasteiger partial charge is 0.313 e. The molecule has 2 rings (SSSR count). The van der Waals surface area contributed by atoms with Gasteiger partial charge in [0.25, 0.3) is 0 Å². The Morgan fingerprint density at radius 3 is 2.41 bits per heavy atom. The van der Waals surface area contributed by atoms with E-state index in [1.165, 1.54) is 19.8 Å². The summed E-state index contributed by atoms with van der Waals surface area (Å²) in [5.41, 5.74) is 0. The Morgan fingerprint density at radius 2 is 1.88 bits per heavy atom. The first-order valence-electron chi connectivity index (χ1n) is 6.64. The zero-order valence-electron chi connectivity index (χ0n) is 10.9. The molecule has 0 aromatic carbocycles. The maximum atomic E-state index is 11.3. The molecule has 0 amide bonds. The second kappa shape index (κ2) is 4.79. The van der Waals surface area contributed by atoms with Crippen LogP contribution in [-0.4, -0.2) is 18.4 Å². The number of carbonyl (C=O) groups is 2. The lowest BCUT2D eigenvalue weighted by molar-refractivity contribution is -0.147. The molecule has 0 saturated heterocycles. The van der Waals surface area contributed by atoms with Crippen molar-refractivity contribution in [1.29, 1.82) is 0 Å². The molecular formula is C14H22O3. The predicted octanol–water partition coefficient (Wildman–Crippen LogP) is 2.44. The van der Waals surface area contributed by atoms with Crippen LogP contribution < -0.4 is 0 Å². The monoisotopic (exact) mass is 238 g/mol. The minimum Gasteiger partial charge on any atom is -0.465 e. The van der Waals surface area contributed by atoms with Crippen LogP contribution in [0.4, 0.5) is 0 Å². The highest BCUT2D eigenvalue weighted by Gasteiger charge is 2.48. The van der Waals surface area contributed by atoms with Crippen molar-refractivity contribution in [3.63, 3.8) is 0 Å². The third-order valence-electron chi connectivity index (χ3n) is 4.89. The molecule has 0 aromatic heterocycles. The molecule has 0 N–H and O–H groups in total. The molecule has 0 aromatic rings. The fraction of sp³-hybridized carbons (Fsp3) is 0.857. The van der Waals surface area contributed by atoms with Crippen LogP contribution in [0, 0.1) is 29.6 Å². The van der Waals surface area contributed by atoms with Crippen LogP contribution in [-0.2, 0) is 14.3 Å². The summed E-state index contributed by atoms with van der Waals surface area (Å²) >= 11 is 0. The minimum absolute atomic E-state index is 0.0766. The first kappa shape index (κ1) is 12.6. The van der Waals surface area contributed by atoms with Crippen LogP contribution in [0.3, 0.4) is 0 Å². The van der Waals surface area contributed by atoms with Crippen molar-refractivity contribution < 1.29 is 14.3 Å². The van der Waals surface area contributed by atoms with Gasteiger partial charge in [-0.05, 0) is 49.4 Å². The molecule has 17 heavy (non-hydrogen) atoms. The standard InChI is InChI=1S/C14H22O3/c1-8(15)4-14(16)17-7-12-5-11-6-13(12)10(3)9(11)2/h9-13H,4-7H2,1-3H3. The van der Waals surface area contributed by atoms with Gasteiger partial charge in [-0.3, -0.25) is 9.59 Å². The van der Waals surface area contributed by atoms with Gasteiger partial charge in [-0.1, -0.05) is 13.8 Å². The topological polar surface area (TPSA) is 43.4 Å². The van der Waals surface area contributed by atoms with Crippen LogP contribution in [0.1, 0.15) is 40.0 Å². The van der Waals surface area contributed by atoms with Crippen LogP contribution in [0.15, 0.2) is 0 Å². The van der Waals surface area contributed by atoms with Gasteiger partial charge in [0.1, 0.15) is 12.2 Å². The molecule has 2 aliphatic rings. The average Bonchev–Trinajstić information content (AvgIpc) is 2.76. The molecular weight excluding hydrogens is 216 g/mol. The Balaban J connectivity index is 1.79. The molecule has 0 radical (unpaired) electrons. The molecule has 5 atom stereocenters. The molecule has 3 heteroatoms. The van der Waals surface area contributed by atoms with E-state index in [-0.39, 0.29) is 18.2 Å². The van der Waals surface area contributed by atoms with Gasteiger partial charge in [-0.2, -0.15) is 0 Å². The lowest BCUT2D eigenvalue weighted by Crippen LogP contribution is -2.28. The first-order valence-corrected chi connectivity index (χ1v) is 6.64. The van der Waals surface area contributed by atoms with Gasteiger partial charge in [-0.25, -0.2) is 0 Å². The summed E-state index contributed by atoms with van der Waals surface area (Å²) in [6.07, 6.45) is 2.42. The van der Waals surface area contributed by atoms with Crippen molar-refractivity contribution in [3.05, 3.63) is 0 Å². The van der Waals surface area contributed by atoms with Crippen LogP contribution in [0.25, 0.3) is 0 Å². The Labute approximate surface area is 103 Å². The van der Waals surface area contributed by atoms with Gasteiger partial charge in [0.2, 0.25) is 0 Å². The molecule has 2 saturated carbocycles. The highest BCUT2D eigenvalue weighted by atomic mass is 16.5. The molecule has 2 fully saturated rings. The number of fused-ring (bicyclic) bond motifs is 2. The number of ether oxygens (including phenoxy) is 1. The van der Waals surface area contributed by atoms with E-state index in [9.17, 15) is 9.59 Å². The third kappa shape index (κ3) is 2.53. The number of hydrogen-bond donors (Lipinski definition) is 0. The van der Waals surface area contributed by atoms with Crippen molar-refractivity contribution in [2.45, 2.75) is 40.0 Å². The summed E-state index contributed by atoms with van der Waals surface area (Å²) in [4.78, 5) is 22.1. The second-order valence-corrected chi connectivity index (χ2v) is 5.94. The van der Waals surface area contributed by atoms with Gasteiger partial charge < -0.3 is 4.74 Å². The van der Waals surface area contributed by atoms with Gasteiger partial charge in [0, 0.05) is 0 Å². The summed E-state index contributed by atoms with van der Waals surface area (Å²) in [6, 6.07) is 0. The van der Waals surface area contributed by atoms with Crippen molar-refractivity contribution >= 4 is 11.8 Å². The van der Waals surface area contributed by atoms with E-state index < -0.39 is 0 Å². The molecule has 3 nitrogen and oxygen atoms in total. The van der Waals surface area contributed by atoms with E-state index in [1.807, 2.05) is 0 Å². The SMILES string of the molecule is CC(=O)CC(=O)OCC1CC2CC1C(C)C2C. The largest absolute Gasteiger partial charge is 0.465 e. The maximum Gasteiger partial charge on any atom is 0.313 e. The van der Waals surface area contributed by atoms with E-state index >= 15 is 0 Å². The Bertz CT molecular complexity index is 321. The second-order valence-electron chi connectivity index (χ2n) is 5.94. The fourth-order valence-electron chi connectivity index (χ4n) is 3.74. The molecule has 2 bridgehead atoms. The van der Waals surface area contributed by atoms with Crippen molar-refractivity contribution in [1.82, 2.24) is 0 Å². The zero-order chi connectivity index (χ0) is 12.6. The maximum absolute atomic E-state index is 11.3. The summed E-state index contributed by atoms with van der Waals surface area (Å²) in [5, 5.41) is 0. The lowest BCUT2D eigenvalue weighted by atomic mass is 9.76. The Hall–Kier alpha value is -0.860. The molecule has 0 heterocycles. The zero-order valence-corrected chi connectivity index (χ0v) is 10.9. The highest BCUT2D eigenvalue weighted by molar-refractivity contribution is 5.94. The number of carbonyl (C=O) groups excluding carboxylic acids is 2. The average molecular weight is 238 g/mol. The summed E-state index contributed by atoms with van der Waals surface area (Å²) < 4.78 is 5.21. The lowest BCUT2D eigenvalue weighted by Gasteiger charge is -2.31. The molecule has 0 spiro atoms. The van der Waals surface area contributed by atoms with E-state index in [1.54, 1.807) is 0 Å². The van der Waals surface area contributed by atoms with Gasteiger partial charge in [-0.15, -0.1) is 0 Å². The minimum atomic E-state index is -0.360. The van der Waals surface area contributed by atoms with Gasteiger partial charge in [0.15, 0.2) is 0 Å². The normalized spacial score (nSPS) is 39.4. The number of hydrogen-bond acceptors (Lipinski definition) is 3. The van der Waals surface area contributed by atoms with Crippen LogP contribution in [0.2, 0.25) is 0 Å². The van der Waals surface area contributed by atoms with Crippen LogP contribution >= 0.6 is 0 Å². The van der Waals surface area contributed by atoms with E-state index in [4.69, 9.17) is 4.74 Å². The van der Waals surface area contributed by atoms with E-state index in [0.717, 1.165) is 23.7 Å². The summed E-state index contributed by atoms with van der Waals surface area (Å²) in [7, 11) is 0. The van der Waals surface area contributed by atoms with Gasteiger partial charge >= 0.3 is 5.97 Å². The van der Waals surface area contributed by atoms with E-state index in [2.05, 4.69) is 13.8 Å². The molecule has 2 aliphatic carbocycles. The van der Waals surface area contributed by atoms with Crippen molar-refractivity contribution in [2.24, 2.45) is 29.6 Å². The third-order valence-corrected chi connectivity index (χ3v) is 4.89. The van der Waals surface area contributed by atoms with Gasteiger partial charge in [0.05, 0.1) is 6.61 Å². The quantitative estimate of drug-likeness (QED) is 0.558. The predicted molar refractivity (Wildman–Crippen MR) is 64.3 cm³/mol. The molecule has 96 valence electrons.